The smallest absolute Gasteiger partial charge is 0.328 e. The first-order chi connectivity index (χ1) is 16.2. The molecule has 182 valence electrons. The van der Waals surface area contributed by atoms with E-state index in [0.29, 0.717) is 16.7 Å². The molecule has 3 rings (SSSR count). The Hall–Kier alpha value is -3.72. The van der Waals surface area contributed by atoms with E-state index in [1.807, 2.05) is 47.6 Å². The van der Waals surface area contributed by atoms with Crippen molar-refractivity contribution in [3.8, 4) is 11.8 Å². The number of Topliss-reactive ketones (excluding diaryl/α,β-unsaturated/α-hetero) is 2. The van der Waals surface area contributed by atoms with Crippen LogP contribution in [-0.2, 0) is 20.4 Å². The minimum absolute atomic E-state index is 0.00990. The molecule has 0 heterocycles. The predicted octanol–water partition coefficient (Wildman–Crippen LogP) is 5.52. The number of esters is 1. The summed E-state index contributed by atoms with van der Waals surface area (Å²) >= 11 is 0. The number of nitriles is 1. The van der Waals surface area contributed by atoms with Crippen LogP contribution in [0.1, 0.15) is 85.9 Å². The van der Waals surface area contributed by atoms with Crippen molar-refractivity contribution in [2.45, 2.75) is 59.3 Å². The number of fused-ring (bicyclic) bond motifs is 1. The predicted molar refractivity (Wildman–Crippen MR) is 133 cm³/mol. The average Bonchev–Trinajstić information content (AvgIpc) is 2.76. The highest BCUT2D eigenvalue weighted by Crippen LogP contribution is 2.44. The molecular weight excluding hydrogens is 442 g/mol. The fourth-order valence-electron chi connectivity index (χ4n) is 4.34. The van der Waals surface area contributed by atoms with E-state index in [1.54, 1.807) is 37.3 Å². The van der Waals surface area contributed by atoms with E-state index in [2.05, 4.69) is 0 Å². The third kappa shape index (κ3) is 4.64. The van der Waals surface area contributed by atoms with Crippen molar-refractivity contribution >= 4 is 23.1 Å². The van der Waals surface area contributed by atoms with Crippen molar-refractivity contribution in [1.82, 2.24) is 0 Å². The van der Waals surface area contributed by atoms with Gasteiger partial charge in [-0.1, -0.05) is 65.8 Å². The molecule has 0 amide bonds. The molecule has 0 spiro atoms. The van der Waals surface area contributed by atoms with Crippen LogP contribution in [0.15, 0.2) is 42.0 Å². The van der Waals surface area contributed by atoms with Crippen molar-refractivity contribution in [2.24, 2.45) is 5.92 Å². The third-order valence-electron chi connectivity index (χ3n) is 6.11. The molecule has 35 heavy (non-hydrogen) atoms. The molecule has 6 nitrogen and oxygen atoms in total. The van der Waals surface area contributed by atoms with E-state index in [1.165, 1.54) is 6.07 Å². The first-order valence-electron chi connectivity index (χ1n) is 11.6. The van der Waals surface area contributed by atoms with Crippen LogP contribution in [0.25, 0.3) is 5.57 Å². The average molecular weight is 474 g/mol. The number of ether oxygens (including phenoxy) is 1. The zero-order chi connectivity index (χ0) is 26.3. The molecule has 0 radical (unpaired) electrons. The molecule has 1 atom stereocenters. The number of nitrogens with zero attached hydrogens (tertiary/aromatic N) is 1. The van der Waals surface area contributed by atoms with E-state index in [4.69, 9.17) is 4.74 Å². The number of benzene rings is 2. The summed E-state index contributed by atoms with van der Waals surface area (Å²) in [6.45, 7) is 13.3. The fraction of sp³-hybridized carbons (Fsp3) is 0.379. The highest BCUT2D eigenvalue weighted by atomic mass is 16.5. The summed E-state index contributed by atoms with van der Waals surface area (Å²) < 4.78 is 5.08. The van der Waals surface area contributed by atoms with Gasteiger partial charge in [-0.3, -0.25) is 14.4 Å². The van der Waals surface area contributed by atoms with Crippen molar-refractivity contribution in [2.75, 3.05) is 6.61 Å². The molecule has 2 aromatic rings. The van der Waals surface area contributed by atoms with Gasteiger partial charge in [-0.2, -0.15) is 5.26 Å². The Balaban J connectivity index is 2.48. The van der Waals surface area contributed by atoms with Crippen LogP contribution in [0, 0.1) is 17.2 Å². The first kappa shape index (κ1) is 25.9. The normalized spacial score (nSPS) is 14.9. The Kier molecular flexibility index (Phi) is 6.77. The van der Waals surface area contributed by atoms with Crippen molar-refractivity contribution < 1.29 is 24.2 Å². The number of allylic oxidation sites excluding steroid dienone is 1. The lowest BCUT2D eigenvalue weighted by Crippen LogP contribution is -2.30. The summed E-state index contributed by atoms with van der Waals surface area (Å²) in [5.74, 6) is -3.34. The number of carbonyl (C=O) groups excluding carboxylic acids is 3. The van der Waals surface area contributed by atoms with Gasteiger partial charge >= 0.3 is 5.97 Å². The molecule has 0 fully saturated rings. The summed E-state index contributed by atoms with van der Waals surface area (Å²) in [5.41, 5.74) is 0.735. The first-order valence-corrected chi connectivity index (χ1v) is 11.6. The lowest BCUT2D eigenvalue weighted by Gasteiger charge is -2.30. The number of hydrogen-bond acceptors (Lipinski definition) is 6. The van der Waals surface area contributed by atoms with Gasteiger partial charge in [0.1, 0.15) is 5.75 Å². The van der Waals surface area contributed by atoms with E-state index in [0.717, 1.165) is 0 Å². The second-order valence-corrected chi connectivity index (χ2v) is 10.7. The van der Waals surface area contributed by atoms with Gasteiger partial charge in [0, 0.05) is 33.4 Å². The van der Waals surface area contributed by atoms with Crippen LogP contribution in [0.4, 0.5) is 0 Å². The Morgan fingerprint density at radius 2 is 1.46 bits per heavy atom. The maximum absolute atomic E-state index is 13.8. The fourth-order valence-corrected chi connectivity index (χ4v) is 4.34. The lowest BCUT2D eigenvalue weighted by molar-refractivity contribution is -0.144. The second kappa shape index (κ2) is 9.14. The monoisotopic (exact) mass is 473 g/mol. The van der Waals surface area contributed by atoms with Crippen LogP contribution < -0.4 is 0 Å². The Bertz CT molecular complexity index is 1260. The molecule has 1 aliphatic carbocycles. The summed E-state index contributed by atoms with van der Waals surface area (Å²) in [5, 5.41) is 21.1. The minimum Gasteiger partial charge on any atom is -0.507 e. The number of ketones is 2. The number of carbonyl (C=O) groups is 3. The number of phenolic OH excluding ortho intramolecular Hbond substituents is 1. The largest absolute Gasteiger partial charge is 0.507 e. The number of phenols is 1. The zero-order valence-corrected chi connectivity index (χ0v) is 21.3. The third-order valence-corrected chi connectivity index (χ3v) is 6.11. The summed E-state index contributed by atoms with van der Waals surface area (Å²) in [4.78, 5) is 40.3. The molecule has 1 N–H and O–H groups in total. The summed E-state index contributed by atoms with van der Waals surface area (Å²) in [6.07, 6.45) is 0. The van der Waals surface area contributed by atoms with Gasteiger partial charge in [0.25, 0.3) is 0 Å². The number of hydrogen-bond donors (Lipinski definition) is 1. The Labute approximate surface area is 206 Å². The van der Waals surface area contributed by atoms with Crippen LogP contribution >= 0.6 is 0 Å². The Morgan fingerprint density at radius 3 is 1.89 bits per heavy atom. The van der Waals surface area contributed by atoms with Gasteiger partial charge < -0.3 is 9.84 Å². The van der Waals surface area contributed by atoms with Gasteiger partial charge in [0.2, 0.25) is 0 Å². The summed E-state index contributed by atoms with van der Waals surface area (Å²) in [7, 11) is 0. The molecule has 2 aromatic carbocycles. The molecule has 0 aliphatic heterocycles. The van der Waals surface area contributed by atoms with E-state index in [-0.39, 0.29) is 34.6 Å². The molecule has 1 aliphatic rings. The van der Waals surface area contributed by atoms with Crippen LogP contribution in [0.2, 0.25) is 0 Å². The molecule has 0 saturated carbocycles. The molecular formula is C29H31NO5. The van der Waals surface area contributed by atoms with Gasteiger partial charge in [-0.15, -0.1) is 0 Å². The van der Waals surface area contributed by atoms with Gasteiger partial charge in [-0.25, -0.2) is 0 Å². The molecule has 1 unspecified atom stereocenters. The maximum Gasteiger partial charge on any atom is 0.328 e. The molecule has 0 bridgehead atoms. The van der Waals surface area contributed by atoms with Crippen molar-refractivity contribution in [3.05, 3.63) is 69.8 Å². The van der Waals surface area contributed by atoms with E-state index >= 15 is 0 Å². The maximum atomic E-state index is 13.8. The Morgan fingerprint density at radius 1 is 0.971 bits per heavy atom. The van der Waals surface area contributed by atoms with E-state index in [9.17, 15) is 24.8 Å². The second-order valence-electron chi connectivity index (χ2n) is 10.7. The highest BCUT2D eigenvalue weighted by molar-refractivity contribution is 6.41. The topological polar surface area (TPSA) is 104 Å². The zero-order valence-electron chi connectivity index (χ0n) is 21.3. The molecule has 6 heteroatoms. The number of aromatic hydroxyl groups is 1. The molecule has 0 saturated heterocycles. The van der Waals surface area contributed by atoms with Crippen LogP contribution in [0.3, 0.4) is 0 Å². The van der Waals surface area contributed by atoms with Crippen molar-refractivity contribution in [3.63, 3.8) is 0 Å². The molecule has 0 aromatic heterocycles. The number of rotatable bonds is 4. The minimum atomic E-state index is -1.57. The lowest BCUT2D eigenvalue weighted by atomic mass is 9.73. The van der Waals surface area contributed by atoms with Crippen LogP contribution in [-0.4, -0.2) is 29.2 Å². The van der Waals surface area contributed by atoms with Crippen LogP contribution in [0.5, 0.6) is 5.75 Å². The summed E-state index contributed by atoms with van der Waals surface area (Å²) in [6, 6.07) is 11.6. The standard InChI is InChI=1S/C29H31NO5/c1-8-35-27(34)19(15-30)23-22(24(31)17-11-9-10-12-18(17)25(23)32)16-13-20(28(2,3)4)26(33)21(14-16)29(5,6)7/h9-14,19,33H,8H2,1-7H3. The van der Waals surface area contributed by atoms with Gasteiger partial charge in [-0.05, 0) is 35.4 Å². The SMILES string of the molecule is CCOC(=O)C(C#N)C1=C(c2cc(C(C)(C)C)c(O)c(C(C)(C)C)c2)C(=O)c2ccccc2C1=O. The van der Waals surface area contributed by atoms with E-state index < -0.39 is 34.3 Å². The highest BCUT2D eigenvalue weighted by Gasteiger charge is 2.41. The van der Waals surface area contributed by atoms with Gasteiger partial charge in [0.15, 0.2) is 17.5 Å². The quantitative estimate of drug-likeness (QED) is 0.586. The van der Waals surface area contributed by atoms with Crippen molar-refractivity contribution in [1.29, 1.82) is 5.26 Å². The van der Waals surface area contributed by atoms with Gasteiger partial charge in [0.05, 0.1) is 12.7 Å².